The molecule has 0 saturated carbocycles. The van der Waals surface area contributed by atoms with Gasteiger partial charge in [0.1, 0.15) is 18.1 Å². The third-order valence-electron chi connectivity index (χ3n) is 4.82. The average molecular weight is 484 g/mol. The normalized spacial score (nSPS) is 10.9. The number of ether oxygens (including phenoxy) is 1. The fraction of sp³-hybridized carbons (Fsp3) is 0.0870. The number of nitrogens with zero attached hydrogens (tertiary/aromatic N) is 2. The van der Waals surface area contributed by atoms with Gasteiger partial charge in [-0.3, -0.25) is 9.78 Å². The van der Waals surface area contributed by atoms with Crippen LogP contribution in [0.5, 0.6) is 11.5 Å². The van der Waals surface area contributed by atoms with Gasteiger partial charge in [0.2, 0.25) is 0 Å². The van der Waals surface area contributed by atoms with Crippen molar-refractivity contribution in [2.24, 2.45) is 0 Å². The Morgan fingerprint density at radius 1 is 1.17 bits per heavy atom. The van der Waals surface area contributed by atoms with Crippen molar-refractivity contribution in [3.05, 3.63) is 80.9 Å². The molecule has 0 aliphatic carbocycles. The van der Waals surface area contributed by atoms with Gasteiger partial charge in [0, 0.05) is 16.1 Å². The van der Waals surface area contributed by atoms with Crippen LogP contribution in [0, 0.1) is 6.92 Å². The van der Waals surface area contributed by atoms with Crippen LogP contribution in [-0.4, -0.2) is 21.4 Å². The van der Waals surface area contributed by atoms with Crippen LogP contribution in [0.2, 0.25) is 5.02 Å². The number of halogens is 2. The minimum Gasteiger partial charge on any atom is -0.507 e. The molecule has 0 spiro atoms. The van der Waals surface area contributed by atoms with Crippen molar-refractivity contribution in [2.45, 2.75) is 13.5 Å². The van der Waals surface area contributed by atoms with Crippen molar-refractivity contribution in [1.82, 2.24) is 9.97 Å². The standard InChI is InChI=1S/C23H16BrClN2O3/c1-13-14(12-30-23-9-22(29)15(11-28)7-18(23)25)3-2-4-17(13)21-10-26-19-6-5-16(24)8-20(19)27-21/h2-11,29H,12H2,1H3. The van der Waals surface area contributed by atoms with E-state index in [2.05, 4.69) is 20.9 Å². The Bertz CT molecular complexity index is 1280. The van der Waals surface area contributed by atoms with Crippen LogP contribution in [0.15, 0.2) is 59.2 Å². The number of hydrogen-bond acceptors (Lipinski definition) is 5. The number of aromatic nitrogens is 2. The van der Waals surface area contributed by atoms with Gasteiger partial charge in [0.25, 0.3) is 0 Å². The molecule has 0 bridgehead atoms. The van der Waals surface area contributed by atoms with E-state index in [0.29, 0.717) is 12.0 Å². The number of carbonyl (C=O) groups excluding carboxylic acids is 1. The van der Waals surface area contributed by atoms with E-state index in [4.69, 9.17) is 21.3 Å². The zero-order valence-electron chi connectivity index (χ0n) is 15.9. The first-order valence-corrected chi connectivity index (χ1v) is 10.2. The first kappa shape index (κ1) is 20.3. The van der Waals surface area contributed by atoms with Crippen LogP contribution < -0.4 is 4.74 Å². The summed E-state index contributed by atoms with van der Waals surface area (Å²) in [4.78, 5) is 20.2. The molecular weight excluding hydrogens is 468 g/mol. The summed E-state index contributed by atoms with van der Waals surface area (Å²) in [6, 6.07) is 14.4. The number of hydrogen-bond donors (Lipinski definition) is 1. The molecule has 1 aromatic heterocycles. The van der Waals surface area contributed by atoms with Gasteiger partial charge in [-0.15, -0.1) is 0 Å². The molecule has 4 aromatic rings. The van der Waals surface area contributed by atoms with E-state index in [1.165, 1.54) is 12.1 Å². The lowest BCUT2D eigenvalue weighted by molar-refractivity contribution is 0.112. The van der Waals surface area contributed by atoms with Crippen molar-refractivity contribution in [3.63, 3.8) is 0 Å². The lowest BCUT2D eigenvalue weighted by Crippen LogP contribution is -2.01. The number of carbonyl (C=O) groups is 1. The fourth-order valence-electron chi connectivity index (χ4n) is 3.15. The van der Waals surface area contributed by atoms with Gasteiger partial charge >= 0.3 is 0 Å². The largest absolute Gasteiger partial charge is 0.507 e. The molecule has 0 amide bonds. The number of aldehydes is 1. The summed E-state index contributed by atoms with van der Waals surface area (Å²) in [6.45, 7) is 2.24. The highest BCUT2D eigenvalue weighted by Crippen LogP contribution is 2.33. The van der Waals surface area contributed by atoms with Gasteiger partial charge in [0.15, 0.2) is 6.29 Å². The molecule has 7 heteroatoms. The fourth-order valence-corrected chi connectivity index (χ4v) is 3.73. The van der Waals surface area contributed by atoms with E-state index in [-0.39, 0.29) is 22.9 Å². The Labute approximate surface area is 186 Å². The maximum absolute atomic E-state index is 10.9. The van der Waals surface area contributed by atoms with Crippen LogP contribution >= 0.6 is 27.5 Å². The number of fused-ring (bicyclic) bond motifs is 1. The molecule has 0 radical (unpaired) electrons. The van der Waals surface area contributed by atoms with E-state index < -0.39 is 0 Å². The molecule has 3 aromatic carbocycles. The van der Waals surface area contributed by atoms with Gasteiger partial charge in [-0.1, -0.05) is 45.7 Å². The smallest absolute Gasteiger partial charge is 0.153 e. The third-order valence-corrected chi connectivity index (χ3v) is 5.61. The Hall–Kier alpha value is -2.96. The molecule has 4 rings (SSSR count). The van der Waals surface area contributed by atoms with Gasteiger partial charge in [-0.2, -0.15) is 0 Å². The first-order valence-electron chi connectivity index (χ1n) is 9.08. The van der Waals surface area contributed by atoms with E-state index in [1.54, 1.807) is 6.20 Å². The Morgan fingerprint density at radius 3 is 2.80 bits per heavy atom. The van der Waals surface area contributed by atoms with Crippen LogP contribution in [0.1, 0.15) is 21.5 Å². The van der Waals surface area contributed by atoms with Crippen molar-refractivity contribution >= 4 is 44.9 Å². The molecule has 150 valence electrons. The van der Waals surface area contributed by atoms with Crippen LogP contribution in [-0.2, 0) is 6.61 Å². The summed E-state index contributed by atoms with van der Waals surface area (Å²) in [5, 5.41) is 10.1. The number of phenolic OH excluding ortho intramolecular Hbond substituents is 1. The Kier molecular flexibility index (Phi) is 5.70. The van der Waals surface area contributed by atoms with Crippen molar-refractivity contribution in [1.29, 1.82) is 0 Å². The minimum absolute atomic E-state index is 0.118. The average Bonchev–Trinajstić information content (AvgIpc) is 2.74. The highest BCUT2D eigenvalue weighted by atomic mass is 79.9. The summed E-state index contributed by atoms with van der Waals surface area (Å²) < 4.78 is 6.76. The topological polar surface area (TPSA) is 72.3 Å². The lowest BCUT2D eigenvalue weighted by Gasteiger charge is -2.14. The zero-order valence-corrected chi connectivity index (χ0v) is 18.2. The van der Waals surface area contributed by atoms with Crippen LogP contribution in [0.4, 0.5) is 0 Å². The van der Waals surface area contributed by atoms with Gasteiger partial charge in [-0.25, -0.2) is 4.98 Å². The maximum Gasteiger partial charge on any atom is 0.153 e. The summed E-state index contributed by atoms with van der Waals surface area (Å²) in [7, 11) is 0. The molecule has 1 heterocycles. The molecule has 0 saturated heterocycles. The molecule has 5 nitrogen and oxygen atoms in total. The summed E-state index contributed by atoms with van der Waals surface area (Å²) >= 11 is 9.63. The predicted octanol–water partition coefficient (Wildman–Crippen LogP) is 6.12. The molecule has 0 unspecified atom stereocenters. The molecule has 0 aliphatic rings. The zero-order chi connectivity index (χ0) is 21.3. The van der Waals surface area contributed by atoms with Crippen molar-refractivity contribution in [2.75, 3.05) is 0 Å². The second kappa shape index (κ2) is 8.42. The second-order valence-electron chi connectivity index (χ2n) is 6.73. The molecule has 30 heavy (non-hydrogen) atoms. The number of phenols is 1. The monoisotopic (exact) mass is 482 g/mol. The lowest BCUT2D eigenvalue weighted by atomic mass is 10.0. The van der Waals surface area contributed by atoms with Crippen molar-refractivity contribution < 1.29 is 14.6 Å². The molecule has 0 atom stereocenters. The Morgan fingerprint density at radius 2 is 2.00 bits per heavy atom. The predicted molar refractivity (Wildman–Crippen MR) is 120 cm³/mol. The quantitative estimate of drug-likeness (QED) is 0.346. The van der Waals surface area contributed by atoms with Gasteiger partial charge < -0.3 is 9.84 Å². The Balaban J connectivity index is 1.64. The molecule has 1 N–H and O–H groups in total. The minimum atomic E-state index is -0.174. The van der Waals surface area contributed by atoms with E-state index in [1.807, 2.05) is 43.3 Å². The van der Waals surface area contributed by atoms with Crippen molar-refractivity contribution in [3.8, 4) is 22.8 Å². The molecule has 0 aliphatic heterocycles. The number of rotatable bonds is 5. The van der Waals surface area contributed by atoms with E-state index >= 15 is 0 Å². The number of benzene rings is 3. The SMILES string of the molecule is Cc1c(COc2cc(O)c(C=O)cc2Cl)cccc1-c1cnc2ccc(Br)cc2n1. The molecule has 0 fully saturated rings. The summed E-state index contributed by atoms with van der Waals surface area (Å²) in [6.07, 6.45) is 2.30. The highest BCUT2D eigenvalue weighted by Gasteiger charge is 2.12. The van der Waals surface area contributed by atoms with Gasteiger partial charge in [0.05, 0.1) is 33.5 Å². The van der Waals surface area contributed by atoms with E-state index in [0.717, 1.165) is 37.9 Å². The van der Waals surface area contributed by atoms with E-state index in [9.17, 15) is 9.90 Å². The highest BCUT2D eigenvalue weighted by molar-refractivity contribution is 9.10. The summed E-state index contributed by atoms with van der Waals surface area (Å²) in [5.41, 5.74) is 5.42. The van der Waals surface area contributed by atoms with Crippen LogP contribution in [0.3, 0.4) is 0 Å². The van der Waals surface area contributed by atoms with Gasteiger partial charge in [-0.05, 0) is 42.3 Å². The van der Waals surface area contributed by atoms with Crippen LogP contribution in [0.25, 0.3) is 22.3 Å². The molecular formula is C23H16BrClN2O3. The number of aromatic hydroxyl groups is 1. The first-order chi connectivity index (χ1) is 14.5. The third kappa shape index (κ3) is 4.01. The summed E-state index contributed by atoms with van der Waals surface area (Å²) in [5.74, 6) is 0.132. The second-order valence-corrected chi connectivity index (χ2v) is 8.05. The maximum atomic E-state index is 10.9.